The third-order valence-corrected chi connectivity index (χ3v) is 3.15. The van der Waals surface area contributed by atoms with Gasteiger partial charge in [-0.2, -0.15) is 0 Å². The third-order valence-electron chi connectivity index (χ3n) is 3.15. The first kappa shape index (κ1) is 18.3. The number of carbonyl (C=O) groups excluding carboxylic acids is 1. The van der Waals surface area contributed by atoms with Crippen LogP contribution >= 0.6 is 0 Å². The Balaban J connectivity index is 2.34. The summed E-state index contributed by atoms with van der Waals surface area (Å²) in [5.41, 5.74) is 7.47. The molecule has 0 heterocycles. The molecule has 1 rings (SSSR count). The first-order chi connectivity index (χ1) is 10.2. The summed E-state index contributed by atoms with van der Waals surface area (Å²) in [6, 6.07) is 5.91. The molecule has 0 saturated carbocycles. The summed E-state index contributed by atoms with van der Waals surface area (Å²) < 4.78 is 11.0. The maximum absolute atomic E-state index is 11.8. The molecule has 124 valence electrons. The second-order valence-electron chi connectivity index (χ2n) is 6.40. The van der Waals surface area contributed by atoms with Crippen molar-refractivity contribution in [1.29, 1.82) is 0 Å². The smallest absolute Gasteiger partial charge is 0.410 e. The quantitative estimate of drug-likeness (QED) is 0.820. The lowest BCUT2D eigenvalue weighted by Crippen LogP contribution is -2.35. The Hall–Kier alpha value is -1.75. The van der Waals surface area contributed by atoms with Crippen LogP contribution in [0.25, 0.3) is 0 Å². The van der Waals surface area contributed by atoms with Gasteiger partial charge < -0.3 is 20.1 Å². The summed E-state index contributed by atoms with van der Waals surface area (Å²) in [7, 11) is 1.73. The zero-order valence-corrected chi connectivity index (χ0v) is 14.3. The van der Waals surface area contributed by atoms with E-state index in [2.05, 4.69) is 0 Å². The molecule has 0 saturated heterocycles. The first-order valence-electron chi connectivity index (χ1n) is 7.59. The monoisotopic (exact) mass is 308 g/mol. The van der Waals surface area contributed by atoms with Crippen molar-refractivity contribution in [2.45, 2.75) is 46.3 Å². The minimum absolute atomic E-state index is 0.312. The van der Waals surface area contributed by atoms with Gasteiger partial charge in [-0.1, -0.05) is 6.07 Å². The summed E-state index contributed by atoms with van der Waals surface area (Å²) >= 11 is 0. The number of ether oxygens (including phenoxy) is 2. The Morgan fingerprint density at radius 1 is 1.32 bits per heavy atom. The van der Waals surface area contributed by atoms with Crippen LogP contribution in [0, 0.1) is 6.92 Å². The Labute approximate surface area is 133 Å². The molecule has 5 heteroatoms. The van der Waals surface area contributed by atoms with E-state index in [1.165, 1.54) is 5.56 Å². The van der Waals surface area contributed by atoms with Crippen LogP contribution in [0.15, 0.2) is 18.2 Å². The standard InChI is InChI=1S/C17H28N2O3/c1-13-7-8-15(11-14(13)12-18)21-10-6-9-19(5)16(20)22-17(2,3)4/h7-8,11H,6,9-10,12,18H2,1-5H3. The molecule has 0 aliphatic heterocycles. The number of rotatable bonds is 6. The number of carbonyl (C=O) groups is 1. The summed E-state index contributed by atoms with van der Waals surface area (Å²) in [4.78, 5) is 13.4. The maximum Gasteiger partial charge on any atom is 0.410 e. The van der Waals surface area contributed by atoms with E-state index in [-0.39, 0.29) is 6.09 Å². The molecule has 0 spiro atoms. The maximum atomic E-state index is 11.8. The van der Waals surface area contributed by atoms with Gasteiger partial charge >= 0.3 is 6.09 Å². The van der Waals surface area contributed by atoms with E-state index in [1.54, 1.807) is 11.9 Å². The van der Waals surface area contributed by atoms with Crippen molar-refractivity contribution in [3.05, 3.63) is 29.3 Å². The second-order valence-corrected chi connectivity index (χ2v) is 6.40. The molecule has 1 aromatic rings. The molecule has 0 aliphatic rings. The fourth-order valence-corrected chi connectivity index (χ4v) is 1.88. The molecular formula is C17H28N2O3. The van der Waals surface area contributed by atoms with Crippen LogP contribution in [0.2, 0.25) is 0 Å². The van der Waals surface area contributed by atoms with Gasteiger partial charge in [0.15, 0.2) is 0 Å². The van der Waals surface area contributed by atoms with Crippen LogP contribution in [-0.2, 0) is 11.3 Å². The van der Waals surface area contributed by atoms with Gasteiger partial charge in [-0.3, -0.25) is 0 Å². The first-order valence-corrected chi connectivity index (χ1v) is 7.59. The van der Waals surface area contributed by atoms with E-state index in [0.29, 0.717) is 19.7 Å². The molecule has 1 aromatic carbocycles. The Bertz CT molecular complexity index is 495. The molecule has 0 bridgehead atoms. The lowest BCUT2D eigenvalue weighted by atomic mass is 10.1. The molecular weight excluding hydrogens is 280 g/mol. The summed E-state index contributed by atoms with van der Waals surface area (Å²) in [5, 5.41) is 0. The number of nitrogens with two attached hydrogens (primary N) is 1. The molecule has 2 N–H and O–H groups in total. The normalized spacial score (nSPS) is 11.2. The fraction of sp³-hybridized carbons (Fsp3) is 0.588. The number of aryl methyl sites for hydroxylation is 1. The molecule has 1 amide bonds. The zero-order valence-electron chi connectivity index (χ0n) is 14.3. The number of nitrogens with zero attached hydrogens (tertiary/aromatic N) is 1. The van der Waals surface area contributed by atoms with Crippen molar-refractivity contribution in [1.82, 2.24) is 4.90 Å². The Morgan fingerprint density at radius 2 is 2.00 bits per heavy atom. The molecule has 0 aliphatic carbocycles. The SMILES string of the molecule is Cc1ccc(OCCCN(C)C(=O)OC(C)(C)C)cc1CN. The lowest BCUT2D eigenvalue weighted by molar-refractivity contribution is 0.0292. The highest BCUT2D eigenvalue weighted by molar-refractivity contribution is 5.67. The Morgan fingerprint density at radius 3 is 2.59 bits per heavy atom. The van der Waals surface area contributed by atoms with Crippen LogP contribution in [0.4, 0.5) is 4.79 Å². The molecule has 0 atom stereocenters. The van der Waals surface area contributed by atoms with E-state index >= 15 is 0 Å². The van der Waals surface area contributed by atoms with Gasteiger partial charge in [-0.15, -0.1) is 0 Å². The van der Waals surface area contributed by atoms with Crippen LogP contribution in [0.1, 0.15) is 38.3 Å². The van der Waals surface area contributed by atoms with E-state index in [0.717, 1.165) is 17.7 Å². The number of amides is 1. The average molecular weight is 308 g/mol. The second kappa shape index (κ2) is 8.03. The van der Waals surface area contributed by atoms with Gasteiger partial charge in [-0.05, 0) is 57.4 Å². The highest BCUT2D eigenvalue weighted by Gasteiger charge is 2.19. The van der Waals surface area contributed by atoms with Crippen molar-refractivity contribution in [2.24, 2.45) is 5.73 Å². The van der Waals surface area contributed by atoms with Gasteiger partial charge in [0.25, 0.3) is 0 Å². The van der Waals surface area contributed by atoms with Crippen LogP contribution < -0.4 is 10.5 Å². The minimum atomic E-state index is -0.470. The fourth-order valence-electron chi connectivity index (χ4n) is 1.88. The van der Waals surface area contributed by atoms with Crippen LogP contribution in [0.5, 0.6) is 5.75 Å². The van der Waals surface area contributed by atoms with E-state index in [1.807, 2.05) is 45.9 Å². The summed E-state index contributed by atoms with van der Waals surface area (Å²) in [6.07, 6.45) is 0.426. The van der Waals surface area contributed by atoms with Crippen LogP contribution in [0.3, 0.4) is 0 Å². The third kappa shape index (κ3) is 6.35. The minimum Gasteiger partial charge on any atom is -0.494 e. The van der Waals surface area contributed by atoms with E-state index in [4.69, 9.17) is 15.2 Å². The predicted octanol–water partition coefficient (Wildman–Crippen LogP) is 3.09. The van der Waals surface area contributed by atoms with Gasteiger partial charge in [0.05, 0.1) is 6.61 Å². The topological polar surface area (TPSA) is 64.8 Å². The highest BCUT2D eigenvalue weighted by Crippen LogP contribution is 2.17. The summed E-state index contributed by atoms with van der Waals surface area (Å²) in [5.74, 6) is 0.811. The largest absolute Gasteiger partial charge is 0.494 e. The van der Waals surface area contributed by atoms with Gasteiger partial charge in [0.1, 0.15) is 11.4 Å². The van der Waals surface area contributed by atoms with Crippen molar-refractivity contribution in [2.75, 3.05) is 20.2 Å². The number of hydrogen-bond donors (Lipinski definition) is 1. The van der Waals surface area contributed by atoms with Gasteiger partial charge in [0.2, 0.25) is 0 Å². The zero-order chi connectivity index (χ0) is 16.8. The van der Waals surface area contributed by atoms with E-state index in [9.17, 15) is 4.79 Å². The average Bonchev–Trinajstić information content (AvgIpc) is 2.43. The predicted molar refractivity (Wildman–Crippen MR) is 88.0 cm³/mol. The van der Waals surface area contributed by atoms with Crippen molar-refractivity contribution in [3.8, 4) is 5.75 Å². The summed E-state index contributed by atoms with van der Waals surface area (Å²) in [6.45, 7) is 9.23. The molecule has 5 nitrogen and oxygen atoms in total. The molecule has 22 heavy (non-hydrogen) atoms. The van der Waals surface area contributed by atoms with Gasteiger partial charge in [-0.25, -0.2) is 4.79 Å². The molecule has 0 unspecified atom stereocenters. The van der Waals surface area contributed by atoms with Crippen LogP contribution in [-0.4, -0.2) is 36.8 Å². The highest BCUT2D eigenvalue weighted by atomic mass is 16.6. The lowest BCUT2D eigenvalue weighted by Gasteiger charge is -2.24. The number of hydrogen-bond acceptors (Lipinski definition) is 4. The van der Waals surface area contributed by atoms with E-state index < -0.39 is 5.60 Å². The van der Waals surface area contributed by atoms with Crippen molar-refractivity contribution >= 4 is 6.09 Å². The molecule has 0 fully saturated rings. The van der Waals surface area contributed by atoms with Crippen molar-refractivity contribution in [3.63, 3.8) is 0 Å². The van der Waals surface area contributed by atoms with Crippen molar-refractivity contribution < 1.29 is 14.3 Å². The molecule has 0 aromatic heterocycles. The Kier molecular flexibility index (Phi) is 6.68. The molecule has 0 radical (unpaired) electrons. The van der Waals surface area contributed by atoms with Gasteiger partial charge in [0, 0.05) is 20.1 Å². The number of benzene rings is 1.